The Kier molecular flexibility index (Phi) is 27.0. The van der Waals surface area contributed by atoms with Crippen LogP contribution in [0.2, 0.25) is 15.1 Å². The van der Waals surface area contributed by atoms with Crippen LogP contribution in [0, 0.1) is 0 Å². The lowest BCUT2D eigenvalue weighted by atomic mass is 9.86. The molecule has 0 aliphatic rings. The number of benzene rings is 12. The Labute approximate surface area is 664 Å². The van der Waals surface area contributed by atoms with Gasteiger partial charge in [0.05, 0.1) is 37.8 Å². The lowest BCUT2D eigenvalue weighted by Crippen LogP contribution is -2.16. The normalized spacial score (nSPS) is 11.7. The minimum absolute atomic E-state index is 0. The van der Waals surface area contributed by atoms with E-state index in [1.54, 1.807) is 0 Å². The number of hydrogen-bond acceptors (Lipinski definition) is 3. The number of anilines is 9. The zero-order valence-electron chi connectivity index (χ0n) is 64.3. The highest BCUT2D eigenvalue weighted by atomic mass is 127. The molecule has 0 fully saturated rings. The summed E-state index contributed by atoms with van der Waals surface area (Å²) in [5.74, 6) is 0. The van der Waals surface area contributed by atoms with Gasteiger partial charge >= 0.3 is 0 Å². The quantitative estimate of drug-likeness (QED) is 0.107. The van der Waals surface area contributed by atoms with Crippen LogP contribution in [0.5, 0.6) is 0 Å². The van der Waals surface area contributed by atoms with Crippen molar-refractivity contribution in [2.75, 3.05) is 14.7 Å². The number of rotatable bonds is 13. The summed E-state index contributed by atoms with van der Waals surface area (Å²) in [7, 11) is 0. The zero-order chi connectivity index (χ0) is 74.2. The maximum atomic E-state index is 7.72. The molecule has 7 heteroatoms. The molecule has 105 heavy (non-hydrogen) atoms. The van der Waals surface area contributed by atoms with E-state index in [-0.39, 0.29) is 65.3 Å². The fourth-order valence-corrected chi connectivity index (χ4v) is 13.5. The van der Waals surface area contributed by atoms with Crippen molar-refractivity contribution in [2.45, 2.75) is 171 Å². The summed E-state index contributed by atoms with van der Waals surface area (Å²) >= 11 is 20.7. The molecule has 12 aromatic rings. The van der Waals surface area contributed by atoms with Crippen LogP contribution in [0.15, 0.2) is 291 Å². The van der Waals surface area contributed by atoms with E-state index < -0.39 is 0 Å². The van der Waals surface area contributed by atoms with Gasteiger partial charge in [-0.3, -0.25) is 0 Å². The zero-order valence-corrected chi connectivity index (χ0v) is 68.9. The minimum atomic E-state index is 0. The molecule has 0 aromatic heterocycles. The molecule has 0 radical (unpaired) electrons. The Morgan fingerprint density at radius 3 is 0.857 bits per heavy atom. The highest BCUT2D eigenvalue weighted by Gasteiger charge is 2.27. The average molecular weight is 1560 g/mol. The van der Waals surface area contributed by atoms with Gasteiger partial charge in [0.15, 0.2) is 0 Å². The van der Waals surface area contributed by atoms with Crippen molar-refractivity contribution in [2.24, 2.45) is 0 Å². The van der Waals surface area contributed by atoms with Gasteiger partial charge in [-0.15, -0.1) is 24.0 Å². The van der Waals surface area contributed by atoms with Crippen LogP contribution in [0.3, 0.4) is 0 Å². The van der Waals surface area contributed by atoms with E-state index in [2.05, 4.69) is 412 Å². The Bertz CT molecular complexity index is 4630. The van der Waals surface area contributed by atoms with E-state index in [1.165, 1.54) is 55.6 Å². The van der Waals surface area contributed by atoms with E-state index >= 15 is 0 Å². The van der Waals surface area contributed by atoms with Crippen molar-refractivity contribution in [1.29, 1.82) is 0 Å². The largest absolute Gasteiger partial charge is 0.309 e. The standard InChI is InChI=1S/C48H51ClN2.C26H29Cl2N.C23H24.CH4.HI.H2/c1-46(2,3)35-22-28-38(29-23-35)50(39-30-24-36(25-31-39)47(4,5)6)43-20-15-21-44(45(43)49)51(40-32-26-37(27-33-40)48(7,8)9)42-19-14-13-18-41(42)34-16-11-10-12-17-34;1-25(2,3)18-10-14-20(15-11-18)29(23-9-7-8-22(27)24(23)28)21-16-12-19(13-17-21)26(4,5)6;1-23(2,3)21-15-13-18(14-16-21)17-20-11-7-8-12-22(20)19-9-5-4-6-10-19;;;/h10-33H,1-9H3;7-17H,1-6H3;4-16H,17H2,1-3H3;1H4;2*1H. The molecule has 0 heterocycles. The summed E-state index contributed by atoms with van der Waals surface area (Å²) < 4.78 is 0. The van der Waals surface area contributed by atoms with E-state index in [1.807, 2.05) is 18.2 Å². The van der Waals surface area contributed by atoms with Gasteiger partial charge in [-0.25, -0.2) is 0 Å². The van der Waals surface area contributed by atoms with E-state index in [0.29, 0.717) is 15.1 Å². The second-order valence-electron chi connectivity index (χ2n) is 33.2. The molecule has 0 aliphatic heterocycles. The second-order valence-corrected chi connectivity index (χ2v) is 34.4. The van der Waals surface area contributed by atoms with Crippen molar-refractivity contribution in [3.05, 3.63) is 351 Å². The first-order chi connectivity index (χ1) is 48.6. The lowest BCUT2D eigenvalue weighted by Gasteiger charge is -2.32. The molecular formula is C98H111Cl3IN3. The molecule has 0 saturated heterocycles. The fourth-order valence-electron chi connectivity index (χ4n) is 12.8. The first kappa shape index (κ1) is 82.3. The number of nitrogens with zero attached hydrogens (tertiary/aromatic N) is 3. The molecule has 0 bridgehead atoms. The third-order valence-corrected chi connectivity index (χ3v) is 20.3. The van der Waals surface area contributed by atoms with Gasteiger partial charge in [-0.1, -0.05) is 367 Å². The van der Waals surface area contributed by atoms with Crippen molar-refractivity contribution in [3.8, 4) is 22.3 Å². The summed E-state index contributed by atoms with van der Waals surface area (Å²) in [4.78, 5) is 6.76. The van der Waals surface area contributed by atoms with Crippen molar-refractivity contribution < 1.29 is 1.43 Å². The third-order valence-electron chi connectivity index (χ3n) is 19.1. The molecule has 3 nitrogen and oxygen atoms in total. The first-order valence-electron chi connectivity index (χ1n) is 36.2. The van der Waals surface area contributed by atoms with Crippen LogP contribution >= 0.6 is 58.8 Å². The van der Waals surface area contributed by atoms with Crippen molar-refractivity contribution in [3.63, 3.8) is 0 Å². The smallest absolute Gasteiger partial charge is 0.0887 e. The highest BCUT2D eigenvalue weighted by molar-refractivity contribution is 14.0. The summed E-state index contributed by atoms with van der Waals surface area (Å²) in [6, 6.07) is 104. The SMILES string of the molecule is C.CC(C)(C)c1ccc(Cc2ccccc2-c2ccccc2)cc1.CC(C)(C)c1ccc(N(c2ccc(C(C)(C)C)cc2)c2cccc(Cl)c2Cl)cc1.CC(C)(C)c1ccc(N(c2ccc(C(C)(C)C)cc2)c2cccc(N(c3ccc(C(C)(C)C)cc3)c3ccccc3-c3ccccc3)c2Cl)cc1.I.[HH]. The van der Waals surface area contributed by atoms with Gasteiger partial charge in [-0.05, 0) is 191 Å². The Morgan fingerprint density at radius 1 is 0.248 bits per heavy atom. The van der Waals surface area contributed by atoms with Crippen LogP contribution in [0.4, 0.5) is 51.2 Å². The molecule has 0 atom stereocenters. The predicted octanol–water partition coefficient (Wildman–Crippen LogP) is 31.6. The van der Waals surface area contributed by atoms with Gasteiger partial charge in [0.2, 0.25) is 0 Å². The topological polar surface area (TPSA) is 9.72 Å². The van der Waals surface area contributed by atoms with Gasteiger partial charge in [0.25, 0.3) is 0 Å². The average Bonchev–Trinajstić information content (AvgIpc) is 0.767. The monoisotopic (exact) mass is 1560 g/mol. The molecule has 0 saturated carbocycles. The summed E-state index contributed by atoms with van der Waals surface area (Å²) in [5.41, 5.74) is 25.0. The predicted molar refractivity (Wildman–Crippen MR) is 475 cm³/mol. The third kappa shape index (κ3) is 20.6. The van der Waals surface area contributed by atoms with Crippen LogP contribution < -0.4 is 14.7 Å². The Balaban J connectivity index is 0.000000241. The van der Waals surface area contributed by atoms with Crippen molar-refractivity contribution >= 4 is 110 Å². The van der Waals surface area contributed by atoms with Gasteiger partial charge < -0.3 is 14.7 Å². The minimum Gasteiger partial charge on any atom is -0.309 e. The Hall–Kier alpha value is -8.36. The molecule has 0 unspecified atom stereocenters. The number of hydrogen-bond donors (Lipinski definition) is 0. The number of para-hydroxylation sites is 1. The summed E-state index contributed by atoms with van der Waals surface area (Å²) in [5, 5.41) is 1.76. The molecule has 0 N–H and O–H groups in total. The molecule has 0 spiro atoms. The lowest BCUT2D eigenvalue weighted by molar-refractivity contribution is 0.590. The van der Waals surface area contributed by atoms with E-state index in [9.17, 15) is 0 Å². The van der Waals surface area contributed by atoms with Crippen LogP contribution in [-0.4, -0.2) is 0 Å². The fraction of sp³-hybridized carbons (Fsp3) is 0.265. The van der Waals surface area contributed by atoms with Gasteiger partial charge in [-0.2, -0.15) is 0 Å². The van der Waals surface area contributed by atoms with Gasteiger partial charge in [0, 0.05) is 35.4 Å². The van der Waals surface area contributed by atoms with Crippen LogP contribution in [-0.2, 0) is 38.9 Å². The van der Waals surface area contributed by atoms with Crippen molar-refractivity contribution in [1.82, 2.24) is 0 Å². The van der Waals surface area contributed by atoms with Crippen LogP contribution in [0.1, 0.15) is 178 Å². The maximum absolute atomic E-state index is 7.72. The van der Waals surface area contributed by atoms with E-state index in [0.717, 1.165) is 68.7 Å². The summed E-state index contributed by atoms with van der Waals surface area (Å²) in [6.07, 6.45) is 0.968. The van der Waals surface area contributed by atoms with E-state index in [4.69, 9.17) is 34.8 Å². The molecule has 0 aliphatic carbocycles. The molecule has 12 rings (SSSR count). The molecule has 0 amide bonds. The molecule has 546 valence electrons. The molecular weight excluding hydrogens is 1450 g/mol. The molecule has 12 aromatic carbocycles. The second kappa shape index (κ2) is 34.5. The first-order valence-corrected chi connectivity index (χ1v) is 37.3. The summed E-state index contributed by atoms with van der Waals surface area (Å²) in [6.45, 7) is 40.4. The van der Waals surface area contributed by atoms with Gasteiger partial charge in [0.1, 0.15) is 0 Å². The maximum Gasteiger partial charge on any atom is 0.0887 e. The van der Waals surface area contributed by atoms with Crippen LogP contribution in [0.25, 0.3) is 22.3 Å². The number of halogens is 4. The Morgan fingerprint density at radius 2 is 0.505 bits per heavy atom. The highest BCUT2D eigenvalue weighted by Crippen LogP contribution is 2.50.